The maximum absolute atomic E-state index is 6.13. The van der Waals surface area contributed by atoms with Gasteiger partial charge in [0.25, 0.3) is 0 Å². The fourth-order valence-electron chi connectivity index (χ4n) is 1.59. The van der Waals surface area contributed by atoms with Gasteiger partial charge in [-0.1, -0.05) is 0 Å². The predicted molar refractivity (Wildman–Crippen MR) is 66.7 cm³/mol. The average molecular weight is 240 g/mol. The van der Waals surface area contributed by atoms with Gasteiger partial charge in [0.2, 0.25) is 0 Å². The van der Waals surface area contributed by atoms with Crippen molar-refractivity contribution in [3.05, 3.63) is 17.7 Å². The number of methoxy groups -OCH3 is 3. The molecule has 0 aliphatic rings. The third kappa shape index (κ3) is 2.62. The SMILES string of the molecule is COc1cc(OC)c(C(C)(N)CN)cc1OC. The minimum absolute atomic E-state index is 0.304. The normalized spacial score (nSPS) is 14.0. The van der Waals surface area contributed by atoms with Gasteiger partial charge in [-0.15, -0.1) is 0 Å². The van der Waals surface area contributed by atoms with E-state index in [-0.39, 0.29) is 0 Å². The lowest BCUT2D eigenvalue weighted by molar-refractivity contribution is 0.342. The van der Waals surface area contributed by atoms with Crippen molar-refractivity contribution in [1.29, 1.82) is 0 Å². The second-order valence-corrected chi connectivity index (χ2v) is 4.03. The molecule has 0 fully saturated rings. The molecule has 1 unspecified atom stereocenters. The van der Waals surface area contributed by atoms with E-state index in [9.17, 15) is 0 Å². The molecule has 1 rings (SSSR count). The lowest BCUT2D eigenvalue weighted by Gasteiger charge is -2.26. The van der Waals surface area contributed by atoms with Crippen LogP contribution in [0.1, 0.15) is 12.5 Å². The summed E-state index contributed by atoms with van der Waals surface area (Å²) in [6, 6.07) is 3.54. The van der Waals surface area contributed by atoms with Crippen LogP contribution in [-0.2, 0) is 5.54 Å². The maximum Gasteiger partial charge on any atom is 0.164 e. The van der Waals surface area contributed by atoms with Gasteiger partial charge in [0.05, 0.1) is 26.9 Å². The van der Waals surface area contributed by atoms with Gasteiger partial charge in [0.15, 0.2) is 11.5 Å². The zero-order chi connectivity index (χ0) is 13.1. The molecule has 0 aromatic heterocycles. The van der Waals surface area contributed by atoms with Crippen LogP contribution in [-0.4, -0.2) is 27.9 Å². The molecule has 1 aromatic carbocycles. The Morgan fingerprint density at radius 1 is 1.00 bits per heavy atom. The largest absolute Gasteiger partial charge is 0.496 e. The third-order valence-electron chi connectivity index (χ3n) is 2.74. The molecule has 0 aliphatic carbocycles. The lowest BCUT2D eigenvalue weighted by atomic mass is 9.92. The molecule has 96 valence electrons. The summed E-state index contributed by atoms with van der Waals surface area (Å²) in [5.74, 6) is 1.84. The van der Waals surface area contributed by atoms with E-state index in [0.29, 0.717) is 23.8 Å². The highest BCUT2D eigenvalue weighted by Crippen LogP contribution is 2.38. The Balaban J connectivity index is 3.38. The van der Waals surface area contributed by atoms with Crippen molar-refractivity contribution in [2.24, 2.45) is 11.5 Å². The minimum atomic E-state index is -0.676. The summed E-state index contributed by atoms with van der Waals surface area (Å²) < 4.78 is 15.7. The van der Waals surface area contributed by atoms with Crippen LogP contribution >= 0.6 is 0 Å². The van der Waals surface area contributed by atoms with E-state index >= 15 is 0 Å². The number of hydrogen-bond donors (Lipinski definition) is 2. The van der Waals surface area contributed by atoms with Crippen molar-refractivity contribution in [3.8, 4) is 17.2 Å². The van der Waals surface area contributed by atoms with E-state index in [1.165, 1.54) is 0 Å². The molecule has 0 saturated heterocycles. The highest BCUT2D eigenvalue weighted by molar-refractivity contribution is 5.53. The van der Waals surface area contributed by atoms with Crippen LogP contribution in [0.2, 0.25) is 0 Å². The van der Waals surface area contributed by atoms with E-state index in [4.69, 9.17) is 25.7 Å². The molecule has 4 N–H and O–H groups in total. The van der Waals surface area contributed by atoms with Gasteiger partial charge in [0, 0.05) is 18.2 Å². The summed E-state index contributed by atoms with van der Waals surface area (Å²) in [6.45, 7) is 2.15. The zero-order valence-electron chi connectivity index (χ0n) is 10.7. The number of ether oxygens (including phenoxy) is 3. The van der Waals surface area contributed by atoms with E-state index in [1.54, 1.807) is 33.5 Å². The second-order valence-electron chi connectivity index (χ2n) is 4.03. The molecule has 0 bridgehead atoms. The summed E-state index contributed by atoms with van der Waals surface area (Å²) in [5, 5.41) is 0. The first kappa shape index (κ1) is 13.6. The van der Waals surface area contributed by atoms with Crippen LogP contribution in [0.25, 0.3) is 0 Å². The Hall–Kier alpha value is -1.46. The van der Waals surface area contributed by atoms with Gasteiger partial charge in [-0.05, 0) is 13.0 Å². The molecule has 0 spiro atoms. The number of benzene rings is 1. The van der Waals surface area contributed by atoms with Crippen LogP contribution in [0, 0.1) is 0 Å². The van der Waals surface area contributed by atoms with Crippen molar-refractivity contribution in [1.82, 2.24) is 0 Å². The molecule has 0 saturated carbocycles. The lowest BCUT2D eigenvalue weighted by Crippen LogP contribution is -2.41. The fraction of sp³-hybridized carbons (Fsp3) is 0.500. The van der Waals surface area contributed by atoms with Gasteiger partial charge in [-0.25, -0.2) is 0 Å². The summed E-state index contributed by atoms with van der Waals surface area (Å²) in [7, 11) is 4.73. The predicted octanol–water partition coefficient (Wildman–Crippen LogP) is 0.845. The molecule has 1 atom stereocenters. The quantitative estimate of drug-likeness (QED) is 0.797. The Morgan fingerprint density at radius 2 is 1.47 bits per heavy atom. The smallest absolute Gasteiger partial charge is 0.164 e. The Morgan fingerprint density at radius 3 is 1.88 bits per heavy atom. The molecule has 0 amide bonds. The fourth-order valence-corrected chi connectivity index (χ4v) is 1.59. The van der Waals surface area contributed by atoms with E-state index in [0.717, 1.165) is 5.56 Å². The first-order valence-electron chi connectivity index (χ1n) is 5.29. The average Bonchev–Trinajstić information content (AvgIpc) is 2.36. The van der Waals surface area contributed by atoms with Gasteiger partial charge >= 0.3 is 0 Å². The first-order chi connectivity index (χ1) is 8.00. The molecular weight excluding hydrogens is 220 g/mol. The first-order valence-corrected chi connectivity index (χ1v) is 5.29. The van der Waals surface area contributed by atoms with Crippen molar-refractivity contribution >= 4 is 0 Å². The summed E-state index contributed by atoms with van der Waals surface area (Å²) >= 11 is 0. The van der Waals surface area contributed by atoms with Crippen molar-refractivity contribution in [2.45, 2.75) is 12.5 Å². The molecule has 5 nitrogen and oxygen atoms in total. The summed E-state index contributed by atoms with van der Waals surface area (Å²) in [4.78, 5) is 0. The molecular formula is C12H20N2O3. The van der Waals surface area contributed by atoms with Crippen LogP contribution in [0.5, 0.6) is 17.2 Å². The molecule has 1 aromatic rings. The van der Waals surface area contributed by atoms with Gasteiger partial charge < -0.3 is 25.7 Å². The summed E-state index contributed by atoms with van der Waals surface area (Å²) in [6.07, 6.45) is 0. The molecule has 0 aliphatic heterocycles. The Bertz CT molecular complexity index is 392. The maximum atomic E-state index is 6.13. The van der Waals surface area contributed by atoms with Crippen LogP contribution < -0.4 is 25.7 Å². The molecule has 0 radical (unpaired) electrons. The van der Waals surface area contributed by atoms with Gasteiger partial charge in [-0.2, -0.15) is 0 Å². The van der Waals surface area contributed by atoms with Crippen LogP contribution in [0.3, 0.4) is 0 Å². The molecule has 17 heavy (non-hydrogen) atoms. The Labute approximate surface area is 102 Å². The van der Waals surface area contributed by atoms with E-state index in [2.05, 4.69) is 0 Å². The van der Waals surface area contributed by atoms with Gasteiger partial charge in [0.1, 0.15) is 5.75 Å². The number of nitrogens with two attached hydrogens (primary N) is 2. The van der Waals surface area contributed by atoms with E-state index in [1.807, 2.05) is 6.92 Å². The standard InChI is InChI=1S/C12H20N2O3/c1-12(14,7-13)8-5-10(16-3)11(17-4)6-9(8)15-2/h5-6H,7,13-14H2,1-4H3. The Kier molecular flexibility index (Phi) is 4.20. The number of rotatable bonds is 5. The monoisotopic (exact) mass is 240 g/mol. The van der Waals surface area contributed by atoms with Crippen molar-refractivity contribution < 1.29 is 14.2 Å². The summed E-state index contributed by atoms with van der Waals surface area (Å²) in [5.41, 5.74) is 11.9. The third-order valence-corrected chi connectivity index (χ3v) is 2.74. The van der Waals surface area contributed by atoms with Gasteiger partial charge in [-0.3, -0.25) is 0 Å². The van der Waals surface area contributed by atoms with E-state index < -0.39 is 5.54 Å². The van der Waals surface area contributed by atoms with Crippen molar-refractivity contribution in [2.75, 3.05) is 27.9 Å². The highest BCUT2D eigenvalue weighted by Gasteiger charge is 2.25. The molecule has 0 heterocycles. The number of hydrogen-bond acceptors (Lipinski definition) is 5. The van der Waals surface area contributed by atoms with Crippen LogP contribution in [0.15, 0.2) is 12.1 Å². The highest BCUT2D eigenvalue weighted by atomic mass is 16.5. The van der Waals surface area contributed by atoms with Crippen LogP contribution in [0.4, 0.5) is 0 Å². The zero-order valence-corrected chi connectivity index (χ0v) is 10.7. The minimum Gasteiger partial charge on any atom is -0.496 e. The van der Waals surface area contributed by atoms with Crippen molar-refractivity contribution in [3.63, 3.8) is 0 Å². The second kappa shape index (κ2) is 5.25. The molecule has 5 heteroatoms. The topological polar surface area (TPSA) is 79.7 Å².